The first-order chi connectivity index (χ1) is 9.45. The molecule has 2 heterocycles. The lowest BCUT2D eigenvalue weighted by molar-refractivity contribution is 0.0946. The molecule has 2 rings (SSSR count). The first kappa shape index (κ1) is 14.5. The van der Waals surface area contributed by atoms with E-state index in [9.17, 15) is 4.79 Å². The van der Waals surface area contributed by atoms with Gasteiger partial charge in [0.1, 0.15) is 5.15 Å². The van der Waals surface area contributed by atoms with Gasteiger partial charge in [-0.05, 0) is 25.0 Å². The Morgan fingerprint density at radius 2 is 2.15 bits per heavy atom. The van der Waals surface area contributed by atoms with Crippen LogP contribution in [0.3, 0.4) is 0 Å². The molecule has 0 saturated heterocycles. The van der Waals surface area contributed by atoms with E-state index in [1.807, 2.05) is 13.8 Å². The van der Waals surface area contributed by atoms with E-state index in [4.69, 9.17) is 16.1 Å². The van der Waals surface area contributed by atoms with Gasteiger partial charge in [-0.2, -0.15) is 4.98 Å². The summed E-state index contributed by atoms with van der Waals surface area (Å²) in [5.41, 5.74) is 1.24. The summed E-state index contributed by atoms with van der Waals surface area (Å²) in [5.74, 6) is 0.828. The summed E-state index contributed by atoms with van der Waals surface area (Å²) in [6.07, 6.45) is 0. The number of carbonyl (C=O) groups is 1. The predicted molar refractivity (Wildman–Crippen MR) is 73.5 cm³/mol. The number of aromatic nitrogens is 3. The average molecular weight is 295 g/mol. The number of nitrogens with zero attached hydrogens (tertiary/aromatic N) is 3. The Bertz CT molecular complexity index is 625. The van der Waals surface area contributed by atoms with Crippen LogP contribution in [-0.4, -0.2) is 21.0 Å². The molecule has 1 amide bonds. The second-order valence-electron chi connectivity index (χ2n) is 4.68. The van der Waals surface area contributed by atoms with Gasteiger partial charge in [0.05, 0.1) is 6.54 Å². The lowest BCUT2D eigenvalue weighted by atomic mass is 10.1. The molecule has 106 valence electrons. The fourth-order valence-electron chi connectivity index (χ4n) is 1.61. The fourth-order valence-corrected chi connectivity index (χ4v) is 1.83. The molecule has 0 unspecified atom stereocenters. The van der Waals surface area contributed by atoms with Gasteiger partial charge in [-0.1, -0.05) is 30.6 Å². The monoisotopic (exact) mass is 294 g/mol. The van der Waals surface area contributed by atoms with Crippen molar-refractivity contribution in [3.8, 4) is 0 Å². The van der Waals surface area contributed by atoms with Crippen molar-refractivity contribution in [3.05, 3.63) is 40.3 Å². The van der Waals surface area contributed by atoms with Crippen molar-refractivity contribution < 1.29 is 9.32 Å². The lowest BCUT2D eigenvalue weighted by Crippen LogP contribution is -2.23. The van der Waals surface area contributed by atoms with E-state index in [1.54, 1.807) is 13.0 Å². The van der Waals surface area contributed by atoms with E-state index in [0.29, 0.717) is 22.4 Å². The van der Waals surface area contributed by atoms with Gasteiger partial charge in [0.15, 0.2) is 5.82 Å². The molecule has 0 fully saturated rings. The Hall–Kier alpha value is -1.95. The minimum Gasteiger partial charge on any atom is -0.343 e. The minimum absolute atomic E-state index is 0.177. The molecule has 0 radical (unpaired) electrons. The summed E-state index contributed by atoms with van der Waals surface area (Å²) in [6.45, 7) is 5.87. The molecule has 0 aromatic carbocycles. The summed E-state index contributed by atoms with van der Waals surface area (Å²) in [7, 11) is 0. The van der Waals surface area contributed by atoms with E-state index in [0.717, 1.165) is 5.69 Å². The number of rotatable bonds is 4. The number of pyridine rings is 1. The van der Waals surface area contributed by atoms with E-state index >= 15 is 0 Å². The molecule has 0 aliphatic heterocycles. The van der Waals surface area contributed by atoms with Gasteiger partial charge in [-0.25, -0.2) is 4.98 Å². The summed E-state index contributed by atoms with van der Waals surface area (Å²) in [6, 6.07) is 3.26. The predicted octanol–water partition coefficient (Wildman–Crippen LogP) is 2.48. The van der Waals surface area contributed by atoms with Crippen molar-refractivity contribution in [1.29, 1.82) is 0 Å². The topological polar surface area (TPSA) is 80.9 Å². The Kier molecular flexibility index (Phi) is 4.34. The summed E-state index contributed by atoms with van der Waals surface area (Å²) >= 11 is 5.93. The first-order valence-corrected chi connectivity index (χ1v) is 6.58. The van der Waals surface area contributed by atoms with Gasteiger partial charge in [0, 0.05) is 11.3 Å². The van der Waals surface area contributed by atoms with Crippen LogP contribution in [0.1, 0.15) is 47.5 Å². The van der Waals surface area contributed by atoms with E-state index < -0.39 is 0 Å². The number of nitrogens with one attached hydrogen (secondary N) is 1. The number of hydrogen-bond acceptors (Lipinski definition) is 5. The quantitative estimate of drug-likeness (QED) is 0.876. The van der Waals surface area contributed by atoms with Crippen LogP contribution in [0.4, 0.5) is 0 Å². The molecule has 6 nitrogen and oxygen atoms in total. The van der Waals surface area contributed by atoms with Crippen LogP contribution in [0, 0.1) is 6.92 Å². The zero-order chi connectivity index (χ0) is 14.7. The third-order valence-corrected chi connectivity index (χ3v) is 2.83. The van der Waals surface area contributed by atoms with E-state index in [1.165, 1.54) is 6.07 Å². The van der Waals surface area contributed by atoms with E-state index in [2.05, 4.69) is 20.4 Å². The molecule has 2 aromatic rings. The number of hydrogen-bond donors (Lipinski definition) is 1. The Balaban J connectivity index is 2.09. The van der Waals surface area contributed by atoms with Crippen LogP contribution < -0.4 is 5.32 Å². The van der Waals surface area contributed by atoms with Crippen molar-refractivity contribution in [2.75, 3.05) is 0 Å². The maximum atomic E-state index is 12.1. The highest BCUT2D eigenvalue weighted by Crippen LogP contribution is 2.17. The highest BCUT2D eigenvalue weighted by Gasteiger charge is 2.12. The molecule has 0 spiro atoms. The Morgan fingerprint density at radius 3 is 2.75 bits per heavy atom. The number of aryl methyl sites for hydroxylation is 1. The molecule has 1 N–H and O–H groups in total. The van der Waals surface area contributed by atoms with Crippen LogP contribution in [0.5, 0.6) is 0 Å². The number of amides is 1. The molecule has 0 aliphatic carbocycles. The number of carbonyl (C=O) groups excluding carboxylic acids is 1. The van der Waals surface area contributed by atoms with Gasteiger partial charge in [0.25, 0.3) is 5.91 Å². The molecule has 0 atom stereocenters. The van der Waals surface area contributed by atoms with Gasteiger partial charge < -0.3 is 9.84 Å². The van der Waals surface area contributed by atoms with E-state index in [-0.39, 0.29) is 18.4 Å². The highest BCUT2D eigenvalue weighted by molar-refractivity contribution is 6.29. The van der Waals surface area contributed by atoms with Crippen LogP contribution >= 0.6 is 11.6 Å². The van der Waals surface area contributed by atoms with Gasteiger partial charge in [-0.15, -0.1) is 0 Å². The molecule has 7 heteroatoms. The zero-order valence-electron chi connectivity index (χ0n) is 11.5. The summed E-state index contributed by atoms with van der Waals surface area (Å²) in [4.78, 5) is 20.3. The molecular formula is C13H15ClN4O2. The minimum atomic E-state index is -0.257. The standard InChI is InChI=1S/C13H15ClN4O2/c1-7(2)10-4-9(5-11(14)17-10)13(19)15-6-12-16-8(3)18-20-12/h4-5,7H,6H2,1-3H3,(H,15,19). The van der Waals surface area contributed by atoms with Crippen LogP contribution in [0.15, 0.2) is 16.7 Å². The van der Waals surface area contributed by atoms with Crippen molar-refractivity contribution in [2.45, 2.75) is 33.2 Å². The smallest absolute Gasteiger partial charge is 0.251 e. The molecule has 0 bridgehead atoms. The second kappa shape index (κ2) is 6.00. The Labute approximate surface area is 121 Å². The van der Waals surface area contributed by atoms with Crippen molar-refractivity contribution in [3.63, 3.8) is 0 Å². The van der Waals surface area contributed by atoms with Crippen molar-refractivity contribution in [2.24, 2.45) is 0 Å². The first-order valence-electron chi connectivity index (χ1n) is 6.20. The largest absolute Gasteiger partial charge is 0.343 e. The lowest BCUT2D eigenvalue weighted by Gasteiger charge is -2.08. The normalized spacial score (nSPS) is 10.8. The van der Waals surface area contributed by atoms with Crippen molar-refractivity contribution in [1.82, 2.24) is 20.4 Å². The van der Waals surface area contributed by atoms with Gasteiger partial charge in [-0.3, -0.25) is 4.79 Å². The molecule has 0 saturated carbocycles. The maximum absolute atomic E-state index is 12.1. The van der Waals surface area contributed by atoms with Crippen LogP contribution in [-0.2, 0) is 6.54 Å². The summed E-state index contributed by atoms with van der Waals surface area (Å²) < 4.78 is 4.92. The third kappa shape index (κ3) is 3.54. The maximum Gasteiger partial charge on any atom is 0.251 e. The molecule has 0 aliphatic rings. The van der Waals surface area contributed by atoms with Gasteiger partial charge >= 0.3 is 0 Å². The Morgan fingerprint density at radius 1 is 1.40 bits per heavy atom. The van der Waals surface area contributed by atoms with Crippen LogP contribution in [0.25, 0.3) is 0 Å². The zero-order valence-corrected chi connectivity index (χ0v) is 12.2. The molecule has 2 aromatic heterocycles. The van der Waals surface area contributed by atoms with Crippen LogP contribution in [0.2, 0.25) is 5.15 Å². The SMILES string of the molecule is Cc1noc(CNC(=O)c2cc(Cl)nc(C(C)C)c2)n1. The molecular weight excluding hydrogens is 280 g/mol. The number of halogens is 1. The highest BCUT2D eigenvalue weighted by atomic mass is 35.5. The second-order valence-corrected chi connectivity index (χ2v) is 5.06. The average Bonchev–Trinajstić information content (AvgIpc) is 2.81. The van der Waals surface area contributed by atoms with Crippen molar-refractivity contribution >= 4 is 17.5 Å². The fraction of sp³-hybridized carbons (Fsp3) is 0.385. The third-order valence-electron chi connectivity index (χ3n) is 2.64. The molecule has 20 heavy (non-hydrogen) atoms. The summed E-state index contributed by atoms with van der Waals surface area (Å²) in [5, 5.41) is 6.65. The van der Waals surface area contributed by atoms with Gasteiger partial charge in [0.2, 0.25) is 5.89 Å².